The third-order valence-electron chi connectivity index (χ3n) is 4.13. The number of carbonyl (C=O) groups is 2. The van der Waals surface area contributed by atoms with Gasteiger partial charge in [-0.1, -0.05) is 48.5 Å². The smallest absolute Gasteiger partial charge is 0.408 e. The molecule has 0 bridgehead atoms. The fourth-order valence-electron chi connectivity index (χ4n) is 2.72. The molecule has 0 fully saturated rings. The summed E-state index contributed by atoms with van der Waals surface area (Å²) in [6.45, 7) is 9.50. The SMILES string of the molecule is Cc1cccc(C)c1NC(=O)C(COCc1ccccc1)NC(=O)OC(C)(C)C. The number of anilines is 1. The van der Waals surface area contributed by atoms with E-state index in [4.69, 9.17) is 9.47 Å². The van der Waals surface area contributed by atoms with E-state index in [0.717, 1.165) is 22.4 Å². The van der Waals surface area contributed by atoms with Crippen LogP contribution in [0.2, 0.25) is 0 Å². The summed E-state index contributed by atoms with van der Waals surface area (Å²) in [4.78, 5) is 25.1. The number of rotatable bonds is 7. The summed E-state index contributed by atoms with van der Waals surface area (Å²) in [7, 11) is 0. The highest BCUT2D eigenvalue weighted by Gasteiger charge is 2.25. The lowest BCUT2D eigenvalue weighted by Crippen LogP contribution is -2.48. The van der Waals surface area contributed by atoms with Gasteiger partial charge in [-0.15, -0.1) is 0 Å². The maximum absolute atomic E-state index is 12.9. The van der Waals surface area contributed by atoms with Gasteiger partial charge in [0.1, 0.15) is 11.6 Å². The molecular formula is C23H30N2O4. The molecule has 0 aromatic heterocycles. The molecule has 0 radical (unpaired) electrons. The lowest BCUT2D eigenvalue weighted by molar-refractivity contribution is -0.119. The molecule has 0 heterocycles. The van der Waals surface area contributed by atoms with Gasteiger partial charge in [-0.25, -0.2) is 4.79 Å². The maximum atomic E-state index is 12.9. The van der Waals surface area contributed by atoms with E-state index in [1.54, 1.807) is 20.8 Å². The summed E-state index contributed by atoms with van der Waals surface area (Å²) in [6.07, 6.45) is -0.664. The zero-order valence-electron chi connectivity index (χ0n) is 17.7. The minimum absolute atomic E-state index is 0.0187. The average molecular weight is 399 g/mol. The molecule has 1 unspecified atom stereocenters. The normalized spacial score (nSPS) is 12.2. The van der Waals surface area contributed by atoms with Crippen LogP contribution in [0.25, 0.3) is 0 Å². The monoisotopic (exact) mass is 398 g/mol. The number of amides is 2. The second-order valence-corrected chi connectivity index (χ2v) is 7.96. The number of ether oxygens (including phenoxy) is 2. The predicted molar refractivity (Wildman–Crippen MR) is 114 cm³/mol. The zero-order chi connectivity index (χ0) is 21.4. The highest BCUT2D eigenvalue weighted by atomic mass is 16.6. The lowest BCUT2D eigenvalue weighted by Gasteiger charge is -2.24. The minimum Gasteiger partial charge on any atom is -0.444 e. The van der Waals surface area contributed by atoms with E-state index < -0.39 is 17.7 Å². The summed E-state index contributed by atoms with van der Waals surface area (Å²) in [6, 6.07) is 14.5. The quantitative estimate of drug-likeness (QED) is 0.727. The predicted octanol–water partition coefficient (Wildman–Crippen LogP) is 4.35. The molecule has 2 aromatic carbocycles. The molecule has 29 heavy (non-hydrogen) atoms. The number of para-hydroxylation sites is 1. The highest BCUT2D eigenvalue weighted by molar-refractivity contribution is 5.97. The van der Waals surface area contributed by atoms with Gasteiger partial charge in [0.2, 0.25) is 5.91 Å². The van der Waals surface area contributed by atoms with Crippen molar-refractivity contribution in [2.45, 2.75) is 52.9 Å². The highest BCUT2D eigenvalue weighted by Crippen LogP contribution is 2.19. The number of hydrogen-bond donors (Lipinski definition) is 2. The Balaban J connectivity index is 2.07. The van der Waals surface area contributed by atoms with Crippen molar-refractivity contribution in [1.82, 2.24) is 5.32 Å². The van der Waals surface area contributed by atoms with E-state index in [-0.39, 0.29) is 12.5 Å². The molecule has 0 saturated heterocycles. The van der Waals surface area contributed by atoms with E-state index >= 15 is 0 Å². The molecule has 6 heteroatoms. The first-order valence-electron chi connectivity index (χ1n) is 9.64. The Morgan fingerprint density at radius 1 is 0.966 bits per heavy atom. The molecule has 0 saturated carbocycles. The summed E-state index contributed by atoms with van der Waals surface area (Å²) >= 11 is 0. The summed E-state index contributed by atoms with van der Waals surface area (Å²) in [5.74, 6) is -0.360. The summed E-state index contributed by atoms with van der Waals surface area (Å²) in [5, 5.41) is 5.53. The number of benzene rings is 2. The Labute approximate surface area is 172 Å². The van der Waals surface area contributed by atoms with Crippen molar-refractivity contribution in [2.24, 2.45) is 0 Å². The standard InChI is InChI=1S/C23H30N2O4/c1-16-10-9-11-17(2)20(16)25-21(26)19(24-22(27)29-23(3,4)5)15-28-14-18-12-7-6-8-13-18/h6-13,19H,14-15H2,1-5H3,(H,24,27)(H,25,26). The first kappa shape index (κ1) is 22.4. The molecule has 2 rings (SSSR count). The van der Waals surface area contributed by atoms with E-state index in [1.807, 2.05) is 62.4 Å². The first-order chi connectivity index (χ1) is 13.7. The largest absolute Gasteiger partial charge is 0.444 e. The van der Waals surface area contributed by atoms with Gasteiger partial charge >= 0.3 is 6.09 Å². The molecule has 0 aliphatic rings. The summed E-state index contributed by atoms with van der Waals surface area (Å²) in [5.41, 5.74) is 2.94. The third kappa shape index (κ3) is 7.58. The second kappa shape index (κ2) is 10.1. The first-order valence-corrected chi connectivity index (χ1v) is 9.64. The van der Waals surface area contributed by atoms with Crippen LogP contribution in [0.15, 0.2) is 48.5 Å². The van der Waals surface area contributed by atoms with E-state index in [2.05, 4.69) is 10.6 Å². The Bertz CT molecular complexity index is 808. The van der Waals surface area contributed by atoms with Crippen molar-refractivity contribution >= 4 is 17.7 Å². The fraction of sp³-hybridized carbons (Fsp3) is 0.391. The van der Waals surface area contributed by atoms with Gasteiger partial charge in [-0.2, -0.15) is 0 Å². The van der Waals surface area contributed by atoms with Crippen LogP contribution in [0.3, 0.4) is 0 Å². The van der Waals surface area contributed by atoms with Crippen LogP contribution in [-0.2, 0) is 20.9 Å². The van der Waals surface area contributed by atoms with E-state index in [1.165, 1.54) is 0 Å². The van der Waals surface area contributed by atoms with Crippen molar-refractivity contribution in [2.75, 3.05) is 11.9 Å². The number of alkyl carbamates (subject to hydrolysis) is 1. The molecule has 156 valence electrons. The van der Waals surface area contributed by atoms with E-state index in [9.17, 15) is 9.59 Å². The molecule has 0 spiro atoms. The molecule has 2 aromatic rings. The van der Waals surface area contributed by atoms with Crippen LogP contribution < -0.4 is 10.6 Å². The number of nitrogens with one attached hydrogen (secondary N) is 2. The molecular weight excluding hydrogens is 368 g/mol. The van der Waals surface area contributed by atoms with Crippen LogP contribution in [0.5, 0.6) is 0 Å². The Morgan fingerprint density at radius 3 is 2.17 bits per heavy atom. The van der Waals surface area contributed by atoms with Gasteiger partial charge in [0.05, 0.1) is 13.2 Å². The van der Waals surface area contributed by atoms with Crippen molar-refractivity contribution < 1.29 is 19.1 Å². The third-order valence-corrected chi connectivity index (χ3v) is 4.13. The van der Waals surface area contributed by atoms with Crippen LogP contribution in [-0.4, -0.2) is 30.3 Å². The molecule has 0 aliphatic carbocycles. The Hall–Kier alpha value is -2.86. The van der Waals surface area contributed by atoms with E-state index in [0.29, 0.717) is 6.61 Å². The van der Waals surface area contributed by atoms with Crippen molar-refractivity contribution in [1.29, 1.82) is 0 Å². The van der Waals surface area contributed by atoms with Gasteiger partial charge < -0.3 is 20.1 Å². The molecule has 6 nitrogen and oxygen atoms in total. The number of carbonyl (C=O) groups excluding carboxylic acids is 2. The number of hydrogen-bond acceptors (Lipinski definition) is 4. The van der Waals surface area contributed by atoms with Gasteiger partial charge in [0.25, 0.3) is 0 Å². The molecule has 2 N–H and O–H groups in total. The molecule has 1 atom stereocenters. The van der Waals surface area contributed by atoms with Crippen LogP contribution >= 0.6 is 0 Å². The van der Waals surface area contributed by atoms with Crippen LogP contribution in [0, 0.1) is 13.8 Å². The van der Waals surface area contributed by atoms with Gasteiger partial charge in [-0.05, 0) is 51.3 Å². The zero-order valence-corrected chi connectivity index (χ0v) is 17.7. The Morgan fingerprint density at radius 2 is 1.59 bits per heavy atom. The van der Waals surface area contributed by atoms with Gasteiger partial charge in [-0.3, -0.25) is 4.79 Å². The topological polar surface area (TPSA) is 76.7 Å². The summed E-state index contributed by atoms with van der Waals surface area (Å²) < 4.78 is 11.0. The Kier molecular flexibility index (Phi) is 7.79. The van der Waals surface area contributed by atoms with Crippen molar-refractivity contribution in [3.05, 3.63) is 65.2 Å². The number of aryl methyl sites for hydroxylation is 2. The van der Waals surface area contributed by atoms with Crippen LogP contribution in [0.1, 0.15) is 37.5 Å². The lowest BCUT2D eigenvalue weighted by atomic mass is 10.1. The molecule has 2 amide bonds. The maximum Gasteiger partial charge on any atom is 0.408 e. The van der Waals surface area contributed by atoms with Crippen molar-refractivity contribution in [3.8, 4) is 0 Å². The van der Waals surface area contributed by atoms with Gasteiger partial charge in [0, 0.05) is 5.69 Å². The second-order valence-electron chi connectivity index (χ2n) is 7.96. The van der Waals surface area contributed by atoms with Crippen LogP contribution in [0.4, 0.5) is 10.5 Å². The van der Waals surface area contributed by atoms with Gasteiger partial charge in [0.15, 0.2) is 0 Å². The molecule has 0 aliphatic heterocycles. The average Bonchev–Trinajstić information content (AvgIpc) is 2.63. The minimum atomic E-state index is -0.896. The van der Waals surface area contributed by atoms with Crippen molar-refractivity contribution in [3.63, 3.8) is 0 Å². The fourth-order valence-corrected chi connectivity index (χ4v) is 2.72.